The highest BCUT2D eigenvalue weighted by Crippen LogP contribution is 2.20. The highest BCUT2D eigenvalue weighted by Gasteiger charge is 2.07. The first-order chi connectivity index (χ1) is 7.85. The largest absolute Gasteiger partial charge is 0.464 e. The minimum Gasteiger partial charge on any atom is -0.464 e. The second-order valence-corrected chi connectivity index (χ2v) is 4.15. The molecular weight excluding hydrogens is 198 g/mol. The number of nitrogens with one attached hydrogen (secondary N) is 1. The number of para-hydroxylation sites is 1. The van der Waals surface area contributed by atoms with Crippen LogP contribution in [0.5, 0.6) is 0 Å². The monoisotopic (exact) mass is 217 g/mol. The van der Waals surface area contributed by atoms with Gasteiger partial charge >= 0.3 is 0 Å². The summed E-state index contributed by atoms with van der Waals surface area (Å²) in [6.45, 7) is 5.33. The van der Waals surface area contributed by atoms with E-state index in [1.54, 1.807) is 0 Å². The summed E-state index contributed by atoms with van der Waals surface area (Å²) in [6.07, 6.45) is 4.21. The molecule has 0 fully saturated rings. The van der Waals surface area contributed by atoms with Gasteiger partial charge in [0.2, 0.25) is 0 Å². The Morgan fingerprint density at radius 3 is 2.69 bits per heavy atom. The maximum absolute atomic E-state index is 5.51. The summed E-state index contributed by atoms with van der Waals surface area (Å²) >= 11 is 0. The Morgan fingerprint density at radius 1 is 1.19 bits per heavy atom. The molecular formula is C14H19NO. The van der Waals surface area contributed by atoms with Crippen molar-refractivity contribution in [3.05, 3.63) is 36.1 Å². The summed E-state index contributed by atoms with van der Waals surface area (Å²) < 4.78 is 5.51. The van der Waals surface area contributed by atoms with Gasteiger partial charge in [-0.3, -0.25) is 0 Å². The fourth-order valence-electron chi connectivity index (χ4n) is 2.00. The van der Waals surface area contributed by atoms with Crippen LogP contribution in [-0.2, 0) is 6.54 Å². The van der Waals surface area contributed by atoms with E-state index < -0.39 is 0 Å². The summed E-state index contributed by atoms with van der Waals surface area (Å²) in [6, 6.07) is 8.79. The molecule has 1 aromatic carbocycles. The Balaban J connectivity index is 2.09. The first-order valence-corrected chi connectivity index (χ1v) is 6.03. The van der Waals surface area contributed by atoms with Gasteiger partial charge in [-0.15, -0.1) is 0 Å². The van der Waals surface area contributed by atoms with Crippen molar-refractivity contribution in [2.24, 2.45) is 0 Å². The third-order valence-electron chi connectivity index (χ3n) is 3.13. The van der Waals surface area contributed by atoms with Crippen LogP contribution in [0.15, 0.2) is 34.9 Å². The number of hydrogen-bond acceptors (Lipinski definition) is 2. The highest BCUT2D eigenvalue weighted by atomic mass is 16.3. The lowest BCUT2D eigenvalue weighted by Gasteiger charge is -2.13. The molecule has 0 saturated heterocycles. The number of hydrogen-bond donors (Lipinski definition) is 1. The molecule has 0 amide bonds. The predicted octanol–water partition coefficient (Wildman–Crippen LogP) is 3.71. The Morgan fingerprint density at radius 2 is 1.94 bits per heavy atom. The van der Waals surface area contributed by atoms with E-state index in [0.29, 0.717) is 6.04 Å². The van der Waals surface area contributed by atoms with Gasteiger partial charge in [0.15, 0.2) is 0 Å². The van der Waals surface area contributed by atoms with Gasteiger partial charge in [-0.1, -0.05) is 32.0 Å². The van der Waals surface area contributed by atoms with Gasteiger partial charge in [0.25, 0.3) is 0 Å². The van der Waals surface area contributed by atoms with E-state index in [2.05, 4.69) is 31.3 Å². The van der Waals surface area contributed by atoms with Crippen molar-refractivity contribution < 1.29 is 4.42 Å². The number of furan rings is 1. The van der Waals surface area contributed by atoms with Crippen LogP contribution in [-0.4, -0.2) is 6.04 Å². The summed E-state index contributed by atoms with van der Waals surface area (Å²) in [5.74, 6) is 0. The zero-order chi connectivity index (χ0) is 11.4. The molecule has 2 aromatic rings. The number of rotatable bonds is 5. The third-order valence-corrected chi connectivity index (χ3v) is 3.13. The molecule has 0 aliphatic heterocycles. The van der Waals surface area contributed by atoms with Crippen molar-refractivity contribution in [3.8, 4) is 0 Å². The predicted molar refractivity (Wildman–Crippen MR) is 67.4 cm³/mol. The van der Waals surface area contributed by atoms with E-state index in [1.807, 2.05) is 18.4 Å². The lowest BCUT2D eigenvalue weighted by Crippen LogP contribution is -2.26. The first kappa shape index (κ1) is 11.2. The van der Waals surface area contributed by atoms with Crippen molar-refractivity contribution in [2.75, 3.05) is 0 Å². The minimum absolute atomic E-state index is 0.605. The lowest BCUT2D eigenvalue weighted by molar-refractivity contribution is 0.482. The first-order valence-electron chi connectivity index (χ1n) is 6.03. The Bertz CT molecular complexity index is 443. The summed E-state index contributed by atoms with van der Waals surface area (Å²) in [5, 5.41) is 4.78. The molecule has 0 atom stereocenters. The molecule has 86 valence electrons. The number of benzene rings is 1. The van der Waals surface area contributed by atoms with Crippen LogP contribution in [0.1, 0.15) is 32.3 Å². The molecule has 0 radical (unpaired) electrons. The van der Waals surface area contributed by atoms with E-state index in [-0.39, 0.29) is 0 Å². The topological polar surface area (TPSA) is 25.2 Å². The summed E-state index contributed by atoms with van der Waals surface area (Å²) in [5.41, 5.74) is 2.23. The van der Waals surface area contributed by atoms with Gasteiger partial charge in [-0.25, -0.2) is 0 Å². The Hall–Kier alpha value is -1.28. The van der Waals surface area contributed by atoms with Crippen LogP contribution in [0, 0.1) is 0 Å². The highest BCUT2D eigenvalue weighted by molar-refractivity contribution is 5.80. The van der Waals surface area contributed by atoms with Crippen LogP contribution < -0.4 is 5.32 Å². The average molecular weight is 217 g/mol. The molecule has 1 N–H and O–H groups in total. The second kappa shape index (κ2) is 5.17. The quantitative estimate of drug-likeness (QED) is 0.826. The van der Waals surface area contributed by atoms with Crippen molar-refractivity contribution in [2.45, 2.75) is 39.3 Å². The molecule has 2 heteroatoms. The van der Waals surface area contributed by atoms with Gasteiger partial charge < -0.3 is 9.73 Å². The fourth-order valence-corrected chi connectivity index (χ4v) is 2.00. The standard InChI is InChI=1S/C14H19NO/c1-3-12(4-2)15-9-11-10-16-14-8-6-5-7-13(11)14/h5-8,10,12,15H,3-4,9H2,1-2H3. The maximum atomic E-state index is 5.51. The smallest absolute Gasteiger partial charge is 0.134 e. The molecule has 2 rings (SSSR count). The molecule has 0 aliphatic carbocycles. The lowest BCUT2D eigenvalue weighted by atomic mass is 10.1. The zero-order valence-electron chi connectivity index (χ0n) is 9.99. The van der Waals surface area contributed by atoms with Crippen LogP contribution in [0.3, 0.4) is 0 Å². The van der Waals surface area contributed by atoms with Gasteiger partial charge in [0, 0.05) is 23.5 Å². The van der Waals surface area contributed by atoms with Gasteiger partial charge in [0.1, 0.15) is 5.58 Å². The van der Waals surface area contributed by atoms with Crippen LogP contribution in [0.4, 0.5) is 0 Å². The van der Waals surface area contributed by atoms with Crippen molar-refractivity contribution >= 4 is 11.0 Å². The van der Waals surface area contributed by atoms with Gasteiger partial charge in [-0.2, -0.15) is 0 Å². The zero-order valence-corrected chi connectivity index (χ0v) is 9.99. The molecule has 0 bridgehead atoms. The average Bonchev–Trinajstić information content (AvgIpc) is 2.74. The fraction of sp³-hybridized carbons (Fsp3) is 0.429. The molecule has 0 saturated carbocycles. The van der Waals surface area contributed by atoms with E-state index in [9.17, 15) is 0 Å². The van der Waals surface area contributed by atoms with Crippen LogP contribution >= 0.6 is 0 Å². The molecule has 16 heavy (non-hydrogen) atoms. The molecule has 0 unspecified atom stereocenters. The third kappa shape index (κ3) is 2.27. The van der Waals surface area contributed by atoms with Crippen molar-refractivity contribution in [1.29, 1.82) is 0 Å². The Kier molecular flexibility index (Phi) is 3.62. The van der Waals surface area contributed by atoms with Crippen molar-refractivity contribution in [1.82, 2.24) is 5.32 Å². The van der Waals surface area contributed by atoms with E-state index in [4.69, 9.17) is 4.42 Å². The summed E-state index contributed by atoms with van der Waals surface area (Å²) in [4.78, 5) is 0. The van der Waals surface area contributed by atoms with Gasteiger partial charge in [-0.05, 0) is 18.9 Å². The molecule has 1 heterocycles. The maximum Gasteiger partial charge on any atom is 0.134 e. The number of fused-ring (bicyclic) bond motifs is 1. The molecule has 1 aromatic heterocycles. The van der Waals surface area contributed by atoms with Gasteiger partial charge in [0.05, 0.1) is 6.26 Å². The van der Waals surface area contributed by atoms with E-state index in [0.717, 1.165) is 12.1 Å². The summed E-state index contributed by atoms with van der Waals surface area (Å²) in [7, 11) is 0. The molecule has 2 nitrogen and oxygen atoms in total. The Labute approximate surface area is 96.6 Å². The van der Waals surface area contributed by atoms with Crippen LogP contribution in [0.2, 0.25) is 0 Å². The van der Waals surface area contributed by atoms with Crippen LogP contribution in [0.25, 0.3) is 11.0 Å². The second-order valence-electron chi connectivity index (χ2n) is 4.15. The van der Waals surface area contributed by atoms with E-state index in [1.165, 1.54) is 23.8 Å². The normalized spacial score (nSPS) is 11.4. The minimum atomic E-state index is 0.605. The van der Waals surface area contributed by atoms with E-state index >= 15 is 0 Å². The van der Waals surface area contributed by atoms with Crippen molar-refractivity contribution in [3.63, 3.8) is 0 Å². The SMILES string of the molecule is CCC(CC)NCc1coc2ccccc12. The molecule has 0 aliphatic rings. The molecule has 0 spiro atoms.